The van der Waals surface area contributed by atoms with Crippen molar-refractivity contribution in [1.29, 1.82) is 0 Å². The maximum atomic E-state index is 12.6. The van der Waals surface area contributed by atoms with Crippen molar-refractivity contribution in [1.82, 2.24) is 14.7 Å². The summed E-state index contributed by atoms with van der Waals surface area (Å²) >= 11 is 0. The van der Waals surface area contributed by atoms with Gasteiger partial charge in [-0.15, -0.1) is 0 Å². The van der Waals surface area contributed by atoms with Crippen LogP contribution in [0.5, 0.6) is 0 Å². The van der Waals surface area contributed by atoms with Crippen LogP contribution in [-0.2, 0) is 6.54 Å². The van der Waals surface area contributed by atoms with Crippen LogP contribution in [0.2, 0.25) is 0 Å². The van der Waals surface area contributed by atoms with Gasteiger partial charge in [-0.3, -0.25) is 0 Å². The van der Waals surface area contributed by atoms with Gasteiger partial charge in [-0.1, -0.05) is 6.07 Å². The molecule has 1 N–H and O–H groups in total. The second kappa shape index (κ2) is 5.67. The lowest BCUT2D eigenvalue weighted by Crippen LogP contribution is -2.36. The largest absolute Gasteiger partial charge is 0.391 e. The van der Waals surface area contributed by atoms with Crippen LogP contribution in [-0.4, -0.2) is 21.6 Å². The minimum Gasteiger partial charge on any atom is -0.308 e. The zero-order valence-electron chi connectivity index (χ0n) is 11.6. The number of imidazole rings is 1. The van der Waals surface area contributed by atoms with Crippen LogP contribution in [0.15, 0.2) is 30.6 Å². The zero-order chi connectivity index (χ0) is 14.9. The van der Waals surface area contributed by atoms with E-state index in [1.807, 2.05) is 35.0 Å². The Kier molecular flexibility index (Phi) is 3.89. The number of nitrogens with one attached hydrogen (secondary N) is 1. The van der Waals surface area contributed by atoms with Crippen LogP contribution in [0.4, 0.5) is 13.2 Å². The van der Waals surface area contributed by atoms with Gasteiger partial charge >= 0.3 is 6.18 Å². The van der Waals surface area contributed by atoms with Crippen molar-refractivity contribution in [2.24, 2.45) is 5.92 Å². The fourth-order valence-corrected chi connectivity index (χ4v) is 2.95. The molecule has 0 radical (unpaired) electrons. The van der Waals surface area contributed by atoms with Gasteiger partial charge in [0, 0.05) is 25.0 Å². The fourth-order valence-electron chi connectivity index (χ4n) is 2.95. The molecule has 2 aromatic rings. The van der Waals surface area contributed by atoms with Gasteiger partial charge in [0.25, 0.3) is 0 Å². The average Bonchev–Trinajstić information content (AvgIpc) is 2.87. The minimum absolute atomic E-state index is 0.161. The number of pyridine rings is 1. The fraction of sp³-hybridized carbons (Fsp3) is 0.533. The van der Waals surface area contributed by atoms with E-state index in [0.29, 0.717) is 19.4 Å². The van der Waals surface area contributed by atoms with E-state index in [-0.39, 0.29) is 18.9 Å². The Morgan fingerprint density at radius 1 is 1.19 bits per heavy atom. The maximum Gasteiger partial charge on any atom is 0.391 e. The molecule has 1 saturated carbocycles. The molecule has 3 nitrogen and oxygen atoms in total. The molecule has 0 bridgehead atoms. The van der Waals surface area contributed by atoms with Crippen molar-refractivity contribution in [2.75, 3.05) is 0 Å². The highest BCUT2D eigenvalue weighted by molar-refractivity contribution is 5.39. The number of aromatic nitrogens is 2. The Morgan fingerprint density at radius 3 is 2.62 bits per heavy atom. The van der Waals surface area contributed by atoms with Gasteiger partial charge in [0.2, 0.25) is 0 Å². The molecule has 114 valence electrons. The normalized spacial score (nSPS) is 23.6. The van der Waals surface area contributed by atoms with Gasteiger partial charge in [0.1, 0.15) is 5.65 Å². The van der Waals surface area contributed by atoms with E-state index in [4.69, 9.17) is 0 Å². The molecule has 1 fully saturated rings. The molecule has 0 saturated heterocycles. The summed E-state index contributed by atoms with van der Waals surface area (Å²) in [5.74, 6) is -1.12. The van der Waals surface area contributed by atoms with Crippen molar-refractivity contribution < 1.29 is 13.2 Å². The van der Waals surface area contributed by atoms with E-state index in [2.05, 4.69) is 10.3 Å². The Hall–Kier alpha value is -1.56. The van der Waals surface area contributed by atoms with Crippen molar-refractivity contribution in [3.05, 3.63) is 36.3 Å². The van der Waals surface area contributed by atoms with Gasteiger partial charge in [0.05, 0.1) is 11.6 Å². The summed E-state index contributed by atoms with van der Waals surface area (Å²) in [6.45, 7) is 0.600. The van der Waals surface area contributed by atoms with Gasteiger partial charge in [-0.05, 0) is 37.8 Å². The second-order valence-electron chi connectivity index (χ2n) is 5.67. The molecule has 0 aromatic carbocycles. The lowest BCUT2D eigenvalue weighted by atomic mass is 9.85. The first-order valence-corrected chi connectivity index (χ1v) is 7.25. The molecule has 21 heavy (non-hydrogen) atoms. The Bertz CT molecular complexity index is 564. The minimum atomic E-state index is -4.04. The average molecular weight is 297 g/mol. The number of fused-ring (bicyclic) bond motifs is 1. The summed E-state index contributed by atoms with van der Waals surface area (Å²) in [6, 6.07) is 5.95. The molecule has 0 amide bonds. The van der Waals surface area contributed by atoms with Crippen LogP contribution >= 0.6 is 0 Å². The van der Waals surface area contributed by atoms with Crippen LogP contribution < -0.4 is 5.32 Å². The first-order valence-electron chi connectivity index (χ1n) is 7.25. The van der Waals surface area contributed by atoms with Gasteiger partial charge in [-0.25, -0.2) is 4.98 Å². The van der Waals surface area contributed by atoms with Gasteiger partial charge in [-0.2, -0.15) is 13.2 Å². The first-order chi connectivity index (χ1) is 10.0. The molecule has 3 rings (SSSR count). The summed E-state index contributed by atoms with van der Waals surface area (Å²) in [5.41, 5.74) is 1.80. The molecule has 2 aromatic heterocycles. The van der Waals surface area contributed by atoms with Crippen molar-refractivity contribution in [3.8, 4) is 0 Å². The van der Waals surface area contributed by atoms with Crippen LogP contribution in [0.3, 0.4) is 0 Å². The summed E-state index contributed by atoms with van der Waals surface area (Å²) in [6.07, 6.45) is 1.46. The van der Waals surface area contributed by atoms with Gasteiger partial charge < -0.3 is 9.72 Å². The number of hydrogen-bond donors (Lipinski definition) is 1. The number of halogens is 3. The number of rotatable bonds is 3. The van der Waals surface area contributed by atoms with E-state index in [9.17, 15) is 13.2 Å². The van der Waals surface area contributed by atoms with E-state index in [0.717, 1.165) is 11.3 Å². The SMILES string of the molecule is FC(F)(F)C1CCC(NCc2cn3ccccc3n2)CC1. The smallest absolute Gasteiger partial charge is 0.308 e. The third-order valence-electron chi connectivity index (χ3n) is 4.18. The van der Waals surface area contributed by atoms with Gasteiger partial charge in [0.15, 0.2) is 0 Å². The Labute approximate surface area is 121 Å². The predicted octanol–water partition coefficient (Wildman–Crippen LogP) is 3.55. The lowest BCUT2D eigenvalue weighted by molar-refractivity contribution is -0.182. The standard InChI is InChI=1S/C15H18F3N3/c16-15(17,18)11-4-6-12(7-5-11)19-9-13-10-21-8-2-1-3-14(21)20-13/h1-3,8,10-12,19H,4-7,9H2. The van der Waals surface area contributed by atoms with E-state index in [1.165, 1.54) is 0 Å². The summed E-state index contributed by atoms with van der Waals surface area (Å²) in [7, 11) is 0. The highest BCUT2D eigenvalue weighted by Gasteiger charge is 2.41. The second-order valence-corrected chi connectivity index (χ2v) is 5.67. The Morgan fingerprint density at radius 2 is 1.95 bits per heavy atom. The highest BCUT2D eigenvalue weighted by atomic mass is 19.4. The summed E-state index contributed by atoms with van der Waals surface area (Å²) in [4.78, 5) is 4.47. The molecule has 6 heteroatoms. The highest BCUT2D eigenvalue weighted by Crippen LogP contribution is 2.37. The monoisotopic (exact) mass is 297 g/mol. The zero-order valence-corrected chi connectivity index (χ0v) is 11.6. The molecular weight excluding hydrogens is 279 g/mol. The predicted molar refractivity (Wildman–Crippen MR) is 73.8 cm³/mol. The Balaban J connectivity index is 1.52. The molecular formula is C15H18F3N3. The third-order valence-corrected chi connectivity index (χ3v) is 4.18. The van der Waals surface area contributed by atoms with Crippen molar-refractivity contribution in [3.63, 3.8) is 0 Å². The molecule has 1 aliphatic rings. The molecule has 1 aliphatic carbocycles. The van der Waals surface area contributed by atoms with E-state index < -0.39 is 12.1 Å². The molecule has 0 unspecified atom stereocenters. The maximum absolute atomic E-state index is 12.6. The number of nitrogens with zero attached hydrogens (tertiary/aromatic N) is 2. The third kappa shape index (κ3) is 3.37. The molecule has 0 atom stereocenters. The number of alkyl halides is 3. The van der Waals surface area contributed by atoms with E-state index in [1.54, 1.807) is 0 Å². The van der Waals surface area contributed by atoms with E-state index >= 15 is 0 Å². The summed E-state index contributed by atoms with van der Waals surface area (Å²) in [5, 5.41) is 3.33. The topological polar surface area (TPSA) is 29.3 Å². The molecule has 0 spiro atoms. The van der Waals surface area contributed by atoms with Crippen LogP contribution in [0.25, 0.3) is 5.65 Å². The quantitative estimate of drug-likeness (QED) is 0.939. The van der Waals surface area contributed by atoms with Crippen molar-refractivity contribution in [2.45, 2.75) is 44.4 Å². The van der Waals surface area contributed by atoms with Crippen LogP contribution in [0, 0.1) is 5.92 Å². The first kappa shape index (κ1) is 14.4. The number of hydrogen-bond acceptors (Lipinski definition) is 2. The molecule has 0 aliphatic heterocycles. The molecule has 2 heterocycles. The lowest BCUT2D eigenvalue weighted by Gasteiger charge is -2.30. The van der Waals surface area contributed by atoms with Crippen LogP contribution in [0.1, 0.15) is 31.4 Å². The summed E-state index contributed by atoms with van der Waals surface area (Å²) < 4.78 is 39.8. The van der Waals surface area contributed by atoms with Crippen molar-refractivity contribution >= 4 is 5.65 Å².